The van der Waals surface area contributed by atoms with Crippen LogP contribution in [0.3, 0.4) is 0 Å². The van der Waals surface area contributed by atoms with Gasteiger partial charge in [-0.15, -0.1) is 56.9 Å². The summed E-state index contributed by atoms with van der Waals surface area (Å²) in [4.78, 5) is 0. The standard InChI is InChI=1S/C22H17.C18H17.2CH3.Si.Zr/c1-16-14-21-19(17-8-4-2-5-9-17)12-13-20(22(21)15-16)18-10-6-3-7-11-18;1-13(2)16-11-15-9-6-10-17(18(15)12-16)14-7-4-3-5-8-14;;;;/h2-15H,1H3;3-13H,1-2H3;2*1H3;;/q4*-1;;. The van der Waals surface area contributed by atoms with Gasteiger partial charge in [-0.25, -0.2) is 0 Å². The van der Waals surface area contributed by atoms with Crippen LogP contribution in [0.1, 0.15) is 30.9 Å². The molecule has 0 aliphatic carbocycles. The second kappa shape index (κ2) is 16.5. The molecule has 0 saturated heterocycles. The number of hydrogen-bond donors (Lipinski definition) is 0. The summed E-state index contributed by atoms with van der Waals surface area (Å²) in [6, 6.07) is 52.2. The Morgan fingerprint density at radius 3 is 1.52 bits per heavy atom. The Bertz CT molecular complexity index is 1800. The molecule has 0 bridgehead atoms. The average molecular weight is 664 g/mol. The number of rotatable bonds is 4. The van der Waals surface area contributed by atoms with Gasteiger partial charge in [-0.1, -0.05) is 152 Å². The Morgan fingerprint density at radius 1 is 0.523 bits per heavy atom. The van der Waals surface area contributed by atoms with E-state index in [4.69, 9.17) is 0 Å². The first-order chi connectivity index (χ1) is 20.6. The summed E-state index contributed by atoms with van der Waals surface area (Å²) in [6.45, 7) is 9.73. The Labute approximate surface area is 281 Å². The Balaban J connectivity index is 0.000000222. The van der Waals surface area contributed by atoms with Crippen molar-refractivity contribution in [1.29, 1.82) is 0 Å². The molecular weight excluding hydrogens is 624 g/mol. The fraction of sp³-hybridized carbons (Fsp3) is 0.0952. The van der Waals surface area contributed by atoms with Crippen molar-refractivity contribution in [1.82, 2.24) is 0 Å². The maximum absolute atomic E-state index is 3.06. The number of aryl methyl sites for hydroxylation is 1. The summed E-state index contributed by atoms with van der Waals surface area (Å²) >= 11 is 1.36. The summed E-state index contributed by atoms with van der Waals surface area (Å²) in [5, 5.41) is 5.39. The second-order valence-corrected chi connectivity index (χ2v) is 10.9. The van der Waals surface area contributed by atoms with Gasteiger partial charge in [-0.2, -0.15) is 12.1 Å². The zero-order chi connectivity index (χ0) is 29.5. The SMILES string of the molecule is CC(C)c1cc2c(-c3ccccc3)cccc2[cH-]1.Cc1cc2c(-c3ccccc3)ccc(-c3ccccc3)c2[cH-]1.[CH3-].[CH3-].[Si]=[Zr]. The zero-order valence-electron chi connectivity index (χ0n) is 26.4. The van der Waals surface area contributed by atoms with Crippen LogP contribution in [-0.4, -0.2) is 6.88 Å². The molecule has 0 saturated carbocycles. The van der Waals surface area contributed by atoms with Crippen molar-refractivity contribution in [3.63, 3.8) is 0 Å². The molecule has 0 fully saturated rings. The van der Waals surface area contributed by atoms with Gasteiger partial charge in [0.2, 0.25) is 0 Å². The Kier molecular flexibility index (Phi) is 13.1. The van der Waals surface area contributed by atoms with Crippen LogP contribution < -0.4 is 0 Å². The molecule has 7 rings (SSSR count). The van der Waals surface area contributed by atoms with Crippen LogP contribution in [0.4, 0.5) is 0 Å². The van der Waals surface area contributed by atoms with Crippen LogP contribution in [0, 0.1) is 21.8 Å². The molecule has 0 unspecified atom stereocenters. The molecule has 7 aromatic rings. The molecule has 7 aromatic carbocycles. The molecular formula is C42H40SiZr-4. The maximum atomic E-state index is 3.06. The molecule has 0 heterocycles. The summed E-state index contributed by atoms with van der Waals surface area (Å²) in [7, 11) is 0. The first kappa shape index (κ1) is 34.9. The first-order valence-corrected chi connectivity index (χ1v) is 18.6. The molecule has 0 aromatic heterocycles. The third kappa shape index (κ3) is 7.73. The van der Waals surface area contributed by atoms with Gasteiger partial charge in [0.1, 0.15) is 0 Å². The fourth-order valence-electron chi connectivity index (χ4n) is 5.64. The fourth-order valence-corrected chi connectivity index (χ4v) is 5.64. The molecule has 0 amide bonds. The summed E-state index contributed by atoms with van der Waals surface area (Å²) in [5.74, 6) is 0.584. The van der Waals surface area contributed by atoms with E-state index in [0.29, 0.717) is 5.92 Å². The molecule has 0 atom stereocenters. The van der Waals surface area contributed by atoms with E-state index < -0.39 is 0 Å². The molecule has 0 aliphatic heterocycles. The second-order valence-electron chi connectivity index (χ2n) is 10.9. The van der Waals surface area contributed by atoms with E-state index in [1.54, 1.807) is 0 Å². The van der Waals surface area contributed by atoms with Gasteiger partial charge in [0, 0.05) is 0 Å². The van der Waals surface area contributed by atoms with E-state index >= 15 is 0 Å². The topological polar surface area (TPSA) is 0 Å². The van der Waals surface area contributed by atoms with Gasteiger partial charge in [0.25, 0.3) is 0 Å². The average Bonchev–Trinajstić information content (AvgIpc) is 3.67. The molecule has 2 radical (unpaired) electrons. The van der Waals surface area contributed by atoms with E-state index in [1.165, 1.54) is 89.4 Å². The van der Waals surface area contributed by atoms with Crippen molar-refractivity contribution in [2.24, 2.45) is 0 Å². The van der Waals surface area contributed by atoms with E-state index in [0.717, 1.165) is 0 Å². The minimum absolute atomic E-state index is 0. The van der Waals surface area contributed by atoms with Crippen LogP contribution in [0.25, 0.3) is 54.9 Å². The Morgan fingerprint density at radius 2 is 1.00 bits per heavy atom. The molecule has 0 nitrogen and oxygen atoms in total. The van der Waals surface area contributed by atoms with Crippen molar-refractivity contribution in [3.8, 4) is 33.4 Å². The summed E-state index contributed by atoms with van der Waals surface area (Å²) in [6.07, 6.45) is 0. The molecule has 2 heteroatoms. The number of fused-ring (bicyclic) bond motifs is 2. The van der Waals surface area contributed by atoms with E-state index in [2.05, 4.69) is 173 Å². The minimum atomic E-state index is 0. The predicted molar refractivity (Wildman–Crippen MR) is 193 cm³/mol. The van der Waals surface area contributed by atoms with Gasteiger partial charge < -0.3 is 14.9 Å². The summed E-state index contributed by atoms with van der Waals surface area (Å²) < 4.78 is 0. The third-order valence-corrected chi connectivity index (χ3v) is 7.73. The van der Waals surface area contributed by atoms with Crippen LogP contribution in [0.2, 0.25) is 0 Å². The quantitative estimate of drug-likeness (QED) is 0.130. The number of hydrogen-bond acceptors (Lipinski definition) is 0. The molecule has 44 heavy (non-hydrogen) atoms. The third-order valence-electron chi connectivity index (χ3n) is 7.73. The molecule has 0 N–H and O–H groups in total. The van der Waals surface area contributed by atoms with Crippen molar-refractivity contribution in [2.75, 3.05) is 0 Å². The van der Waals surface area contributed by atoms with E-state index in [1.807, 2.05) is 0 Å². The van der Waals surface area contributed by atoms with Crippen molar-refractivity contribution in [2.45, 2.75) is 26.7 Å². The summed E-state index contributed by atoms with van der Waals surface area (Å²) in [5.41, 5.74) is 10.5. The van der Waals surface area contributed by atoms with Crippen LogP contribution in [-0.2, 0) is 23.3 Å². The van der Waals surface area contributed by atoms with Crippen molar-refractivity contribution >= 4 is 28.4 Å². The van der Waals surface area contributed by atoms with E-state index in [9.17, 15) is 0 Å². The monoisotopic (exact) mass is 662 g/mol. The van der Waals surface area contributed by atoms with Gasteiger partial charge in [0.05, 0.1) is 0 Å². The van der Waals surface area contributed by atoms with Gasteiger partial charge in [-0.05, 0) is 17.0 Å². The Hall–Kier alpha value is -3.58. The van der Waals surface area contributed by atoms with E-state index in [-0.39, 0.29) is 14.9 Å². The van der Waals surface area contributed by atoms with Crippen LogP contribution in [0.5, 0.6) is 0 Å². The molecule has 220 valence electrons. The van der Waals surface area contributed by atoms with Crippen LogP contribution >= 0.6 is 0 Å². The van der Waals surface area contributed by atoms with Crippen LogP contribution in [0.15, 0.2) is 146 Å². The number of benzene rings is 5. The van der Waals surface area contributed by atoms with Gasteiger partial charge >= 0.3 is 30.2 Å². The van der Waals surface area contributed by atoms with Gasteiger partial charge in [-0.3, -0.25) is 0 Å². The normalized spacial score (nSPS) is 10.2. The van der Waals surface area contributed by atoms with Crippen molar-refractivity contribution < 1.29 is 23.3 Å². The predicted octanol–water partition coefficient (Wildman–Crippen LogP) is 12.1. The first-order valence-electron chi connectivity index (χ1n) is 14.4. The van der Waals surface area contributed by atoms with Gasteiger partial charge in [0.15, 0.2) is 0 Å². The van der Waals surface area contributed by atoms with Crippen molar-refractivity contribution in [3.05, 3.63) is 172 Å². The molecule has 0 aliphatic rings. The molecule has 0 spiro atoms. The zero-order valence-corrected chi connectivity index (χ0v) is 29.9.